The van der Waals surface area contributed by atoms with E-state index in [-0.39, 0.29) is 5.60 Å². The average molecular weight is 789 g/mol. The summed E-state index contributed by atoms with van der Waals surface area (Å²) in [6.45, 7) is 21.4. The summed E-state index contributed by atoms with van der Waals surface area (Å²) >= 11 is 0. The highest BCUT2D eigenvalue weighted by molar-refractivity contribution is 5.55. The van der Waals surface area contributed by atoms with E-state index < -0.39 is 0 Å². The third kappa shape index (κ3) is 15.5. The zero-order valence-corrected chi connectivity index (χ0v) is 36.9. The van der Waals surface area contributed by atoms with E-state index in [2.05, 4.69) is 91.8 Å². The topological polar surface area (TPSA) is 75.6 Å². The van der Waals surface area contributed by atoms with E-state index in [1.54, 1.807) is 0 Å². The number of allylic oxidation sites excluding steroid dienone is 6. The third-order valence-corrected chi connectivity index (χ3v) is 11.4. The lowest BCUT2D eigenvalue weighted by Gasteiger charge is -2.46. The Balaban J connectivity index is 1.17. The maximum absolute atomic E-state index is 11.0. The van der Waals surface area contributed by atoms with Crippen molar-refractivity contribution in [2.24, 2.45) is 5.92 Å². The number of hydrogen-bond donors (Lipinski definition) is 1. The number of unbranched alkanes of at least 4 members (excludes halogenated alkanes) is 4. The van der Waals surface area contributed by atoms with E-state index in [1.165, 1.54) is 53.5 Å². The summed E-state index contributed by atoms with van der Waals surface area (Å²) in [5.74, 6) is 3.72. The monoisotopic (exact) mass is 789 g/mol. The van der Waals surface area contributed by atoms with Crippen molar-refractivity contribution in [1.29, 1.82) is 0 Å². The molecule has 1 aliphatic carbocycles. The lowest BCUT2D eigenvalue weighted by atomic mass is 9.68. The average Bonchev–Trinajstić information content (AvgIpc) is 3.15. The number of fused-ring (bicyclic) bond motifs is 3. The Kier molecular flexibility index (Phi) is 20.0. The second-order valence-electron chi connectivity index (χ2n) is 17.0. The second-order valence-corrected chi connectivity index (χ2v) is 17.0. The van der Waals surface area contributed by atoms with E-state index in [0.29, 0.717) is 76.9 Å². The molecule has 4 rings (SSSR count). The van der Waals surface area contributed by atoms with Crippen LogP contribution < -0.4 is 14.2 Å². The Morgan fingerprint density at radius 3 is 1.96 bits per heavy atom. The number of ether oxygens (including phenoxy) is 6. The molecular formula is C50H76O7. The molecule has 2 aromatic carbocycles. The normalized spacial score (nSPS) is 17.3. The van der Waals surface area contributed by atoms with Gasteiger partial charge in [-0.1, -0.05) is 74.5 Å². The van der Waals surface area contributed by atoms with Crippen LogP contribution in [0.5, 0.6) is 23.0 Å². The molecule has 7 heteroatoms. The number of aryl methyl sites for hydroxylation is 2. The highest BCUT2D eigenvalue weighted by Gasteiger charge is 2.45. The Bertz CT molecular complexity index is 1600. The van der Waals surface area contributed by atoms with Crippen molar-refractivity contribution in [1.82, 2.24) is 0 Å². The molecule has 7 nitrogen and oxygen atoms in total. The van der Waals surface area contributed by atoms with Crippen molar-refractivity contribution in [3.8, 4) is 23.0 Å². The van der Waals surface area contributed by atoms with Crippen LogP contribution in [0.1, 0.15) is 148 Å². The van der Waals surface area contributed by atoms with E-state index in [1.807, 2.05) is 6.07 Å². The SMILES string of the molecule is CCCCCc1cc(O)c(C/C=C(\C)CCC=C(C)C)c(OCCOCCOCCOCCOc2cc(CCCCC)cc3c2[C@@H]2C=C(C)CC[C@H]2C(C)(C)O3)c1. The van der Waals surface area contributed by atoms with Gasteiger partial charge in [-0.25, -0.2) is 0 Å². The molecule has 0 fully saturated rings. The zero-order chi connectivity index (χ0) is 41.0. The molecule has 0 saturated heterocycles. The Morgan fingerprint density at radius 2 is 1.35 bits per heavy atom. The van der Waals surface area contributed by atoms with Crippen LogP contribution in [-0.2, 0) is 33.5 Å². The molecule has 318 valence electrons. The molecule has 0 aromatic heterocycles. The number of aromatic hydroxyl groups is 1. The largest absolute Gasteiger partial charge is 0.508 e. The fourth-order valence-electron chi connectivity index (χ4n) is 8.08. The predicted octanol–water partition coefficient (Wildman–Crippen LogP) is 12.2. The molecule has 2 atom stereocenters. The first-order valence-corrected chi connectivity index (χ1v) is 22.2. The molecule has 57 heavy (non-hydrogen) atoms. The van der Waals surface area contributed by atoms with E-state index in [4.69, 9.17) is 28.4 Å². The minimum atomic E-state index is -0.215. The standard InChI is InChI=1S/C50H76O7/c1-9-11-13-18-40-33-45(51)42(22-20-38(5)17-15-16-37(3)4)46(34-40)55-30-28-53-26-24-52-25-27-54-29-31-56-47-35-41(19-14-12-10-2)36-48-49(47)43-32-39(6)21-23-44(43)50(7,8)57-48/h16,20,32-36,43-44,51H,9-15,17-19,21-31H2,1-8H3/b38-20+/t43-,44-/m1/s1. The van der Waals surface area contributed by atoms with Gasteiger partial charge in [0.25, 0.3) is 0 Å². The quantitative estimate of drug-likeness (QED) is 0.0713. The number of hydrogen-bond acceptors (Lipinski definition) is 7. The second kappa shape index (κ2) is 24.6. The number of phenols is 1. The van der Waals surface area contributed by atoms with Gasteiger partial charge in [0.1, 0.15) is 41.8 Å². The van der Waals surface area contributed by atoms with E-state index >= 15 is 0 Å². The molecule has 0 radical (unpaired) electrons. The van der Waals surface area contributed by atoms with Crippen molar-refractivity contribution in [3.05, 3.63) is 81.5 Å². The Hall–Kier alpha value is -3.26. The first-order valence-electron chi connectivity index (χ1n) is 22.2. The van der Waals surface area contributed by atoms with Gasteiger partial charge in [-0.2, -0.15) is 0 Å². The molecule has 2 aromatic rings. The summed E-state index contributed by atoms with van der Waals surface area (Å²) in [5.41, 5.74) is 8.33. The van der Waals surface area contributed by atoms with Crippen molar-refractivity contribution in [2.75, 3.05) is 52.9 Å². The highest BCUT2D eigenvalue weighted by atomic mass is 16.6. The van der Waals surface area contributed by atoms with E-state index in [0.717, 1.165) is 79.7 Å². The summed E-state index contributed by atoms with van der Waals surface area (Å²) in [4.78, 5) is 0. The van der Waals surface area contributed by atoms with Crippen LogP contribution in [0.25, 0.3) is 0 Å². The molecule has 0 amide bonds. The highest BCUT2D eigenvalue weighted by Crippen LogP contribution is 2.53. The zero-order valence-electron chi connectivity index (χ0n) is 36.9. The Morgan fingerprint density at radius 1 is 0.772 bits per heavy atom. The fraction of sp³-hybridized carbons (Fsp3) is 0.640. The summed E-state index contributed by atoms with van der Waals surface area (Å²) < 4.78 is 36.9. The minimum Gasteiger partial charge on any atom is -0.508 e. The van der Waals surface area contributed by atoms with Gasteiger partial charge >= 0.3 is 0 Å². The van der Waals surface area contributed by atoms with Crippen molar-refractivity contribution in [3.63, 3.8) is 0 Å². The molecule has 1 heterocycles. The Labute approximate surface area is 346 Å². The van der Waals surface area contributed by atoms with Crippen LogP contribution in [-0.4, -0.2) is 63.6 Å². The van der Waals surface area contributed by atoms with Gasteiger partial charge < -0.3 is 33.5 Å². The summed E-state index contributed by atoms with van der Waals surface area (Å²) in [7, 11) is 0. The lowest BCUT2D eigenvalue weighted by molar-refractivity contribution is 0.00325. The fourth-order valence-corrected chi connectivity index (χ4v) is 8.08. The van der Waals surface area contributed by atoms with Gasteiger partial charge in [0.05, 0.1) is 39.6 Å². The van der Waals surface area contributed by atoms with Crippen LogP contribution in [0, 0.1) is 5.92 Å². The number of benzene rings is 2. The summed E-state index contributed by atoms with van der Waals surface area (Å²) in [6, 6.07) is 8.53. The third-order valence-electron chi connectivity index (χ3n) is 11.4. The van der Waals surface area contributed by atoms with Gasteiger partial charge in [0.15, 0.2) is 0 Å². The van der Waals surface area contributed by atoms with Crippen LogP contribution in [0.4, 0.5) is 0 Å². The molecule has 0 saturated carbocycles. The van der Waals surface area contributed by atoms with Gasteiger partial charge in [0.2, 0.25) is 0 Å². The summed E-state index contributed by atoms with van der Waals surface area (Å²) in [5, 5.41) is 11.0. The van der Waals surface area contributed by atoms with Gasteiger partial charge in [-0.15, -0.1) is 0 Å². The molecule has 0 spiro atoms. The maximum Gasteiger partial charge on any atom is 0.127 e. The van der Waals surface area contributed by atoms with E-state index in [9.17, 15) is 5.11 Å². The van der Waals surface area contributed by atoms with Gasteiger partial charge in [0, 0.05) is 23.0 Å². The molecule has 2 aliphatic rings. The predicted molar refractivity (Wildman–Crippen MR) is 235 cm³/mol. The van der Waals surface area contributed by atoms with Crippen LogP contribution >= 0.6 is 0 Å². The molecule has 1 aliphatic heterocycles. The first kappa shape index (κ1) is 46.4. The van der Waals surface area contributed by atoms with Gasteiger partial charge in [-0.3, -0.25) is 0 Å². The maximum atomic E-state index is 11.0. The van der Waals surface area contributed by atoms with Gasteiger partial charge in [-0.05, 0) is 135 Å². The molecular weight excluding hydrogens is 713 g/mol. The minimum absolute atomic E-state index is 0.215. The van der Waals surface area contributed by atoms with Crippen molar-refractivity contribution >= 4 is 0 Å². The van der Waals surface area contributed by atoms with Crippen molar-refractivity contribution in [2.45, 2.75) is 150 Å². The smallest absolute Gasteiger partial charge is 0.127 e. The van der Waals surface area contributed by atoms with Crippen LogP contribution in [0.2, 0.25) is 0 Å². The molecule has 1 N–H and O–H groups in total. The summed E-state index contributed by atoms with van der Waals surface area (Å²) in [6.07, 6.45) is 20.9. The number of phenolic OH excluding ortho intramolecular Hbond substituents is 1. The molecule has 0 bridgehead atoms. The van der Waals surface area contributed by atoms with Crippen LogP contribution in [0.15, 0.2) is 59.2 Å². The number of rotatable bonds is 27. The van der Waals surface area contributed by atoms with Crippen molar-refractivity contribution < 1.29 is 33.5 Å². The molecule has 0 unspecified atom stereocenters. The lowest BCUT2D eigenvalue weighted by Crippen LogP contribution is -2.45. The first-order chi connectivity index (χ1) is 27.5. The van der Waals surface area contributed by atoms with Crippen LogP contribution in [0.3, 0.4) is 0 Å².